The third-order valence-electron chi connectivity index (χ3n) is 1.33. The van der Waals surface area contributed by atoms with Crippen molar-refractivity contribution in [3.63, 3.8) is 0 Å². The van der Waals surface area contributed by atoms with Crippen molar-refractivity contribution in [1.29, 1.82) is 0 Å². The lowest BCUT2D eigenvalue weighted by Crippen LogP contribution is -2.34. The highest BCUT2D eigenvalue weighted by Crippen LogP contribution is 2.33. The molecule has 0 saturated carbocycles. The van der Waals surface area contributed by atoms with Crippen LogP contribution in [0.1, 0.15) is 13.8 Å². The van der Waals surface area contributed by atoms with Crippen LogP contribution in [0.15, 0.2) is 11.5 Å². The van der Waals surface area contributed by atoms with Gasteiger partial charge in [-0.3, -0.25) is 0 Å². The van der Waals surface area contributed by atoms with Gasteiger partial charge in [-0.15, -0.1) is 0 Å². The zero-order valence-corrected chi connectivity index (χ0v) is 7.16. The average Bonchev–Trinajstić information content (AvgIpc) is 1.79. The van der Waals surface area contributed by atoms with Crippen molar-refractivity contribution in [3.05, 3.63) is 11.5 Å². The highest BCUT2D eigenvalue weighted by atomic mass is 32.2. The molecule has 3 heteroatoms. The van der Waals surface area contributed by atoms with Crippen molar-refractivity contribution in [3.8, 4) is 0 Å². The van der Waals surface area contributed by atoms with Crippen LogP contribution < -0.4 is 5.32 Å². The molecule has 0 unspecified atom stereocenters. The van der Waals surface area contributed by atoms with Gasteiger partial charge < -0.3 is 5.32 Å². The van der Waals surface area contributed by atoms with E-state index in [1.807, 2.05) is 0 Å². The van der Waals surface area contributed by atoms with Crippen molar-refractivity contribution in [1.82, 2.24) is 5.32 Å². The molecule has 0 aromatic rings. The third-order valence-corrected chi connectivity index (χ3v) is 2.72. The van der Waals surface area contributed by atoms with Gasteiger partial charge in [0, 0.05) is 4.91 Å². The molecule has 1 N–H and O–H groups in total. The first kappa shape index (κ1) is 7.09. The summed E-state index contributed by atoms with van der Waals surface area (Å²) in [5.41, 5.74) is 0.00174. The van der Waals surface area contributed by atoms with Gasteiger partial charge in [-0.25, -0.2) is 0 Å². The van der Waals surface area contributed by atoms with Crippen LogP contribution in [0.4, 0.5) is 0 Å². The van der Waals surface area contributed by atoms with Gasteiger partial charge in [0.2, 0.25) is 0 Å². The molecule has 0 radical (unpaired) electrons. The number of rotatable bonds is 0. The number of hydrogen-bond donors (Lipinski definition) is 1. The topological polar surface area (TPSA) is 12.0 Å². The Morgan fingerprint density at radius 1 is 1.67 bits per heavy atom. The average molecular weight is 159 g/mol. The minimum Gasteiger partial charge on any atom is -0.361 e. The smallest absolute Gasteiger partial charge is 0.139 e. The number of thioether (sulfide) groups is 1. The summed E-state index contributed by atoms with van der Waals surface area (Å²) in [7, 11) is 0. The summed E-state index contributed by atoms with van der Waals surface area (Å²) in [5.74, 6) is 0. The van der Waals surface area contributed by atoms with E-state index in [1.54, 1.807) is 11.8 Å². The summed E-state index contributed by atoms with van der Waals surface area (Å²) < 4.78 is 0.838. The van der Waals surface area contributed by atoms with E-state index >= 15 is 0 Å². The second kappa shape index (κ2) is 1.99. The predicted molar refractivity (Wildman–Crippen MR) is 46.5 cm³/mol. The largest absolute Gasteiger partial charge is 0.361 e. The second-order valence-corrected chi connectivity index (χ2v) is 4.33. The van der Waals surface area contributed by atoms with Crippen molar-refractivity contribution < 1.29 is 0 Å². The lowest BCUT2D eigenvalue weighted by molar-refractivity contribution is 0.586. The maximum atomic E-state index is 4.94. The Hall–Kier alpha value is -0.0200. The summed E-state index contributed by atoms with van der Waals surface area (Å²) >= 11 is 6.49. The normalized spacial score (nSPS) is 24.2. The summed E-state index contributed by atoms with van der Waals surface area (Å²) in [6, 6.07) is 0. The van der Waals surface area contributed by atoms with Crippen molar-refractivity contribution in [2.24, 2.45) is 0 Å². The zero-order valence-electron chi connectivity index (χ0n) is 5.52. The fraction of sp³-hybridized carbons (Fsp3) is 0.500. The molecule has 1 fully saturated rings. The number of hydrogen-bond acceptors (Lipinski definition) is 2. The van der Waals surface area contributed by atoms with Crippen molar-refractivity contribution >= 4 is 28.3 Å². The van der Waals surface area contributed by atoms with Gasteiger partial charge in [0.15, 0.2) is 0 Å². The van der Waals surface area contributed by atoms with E-state index in [-0.39, 0.29) is 5.54 Å². The maximum Gasteiger partial charge on any atom is 0.139 e. The molecular formula is C6H9NS2. The van der Waals surface area contributed by atoms with Crippen LogP contribution >= 0.6 is 24.0 Å². The summed E-state index contributed by atoms with van der Waals surface area (Å²) in [4.78, 5) is 1.10. The SMILES string of the molecule is C=C1SC(=S)NC1(C)C. The van der Waals surface area contributed by atoms with E-state index in [2.05, 4.69) is 25.7 Å². The lowest BCUT2D eigenvalue weighted by Gasteiger charge is -2.17. The van der Waals surface area contributed by atoms with Gasteiger partial charge in [-0.05, 0) is 13.8 Å². The van der Waals surface area contributed by atoms with Gasteiger partial charge in [0.25, 0.3) is 0 Å². The zero-order chi connectivity index (χ0) is 7.07. The Morgan fingerprint density at radius 3 is 2.33 bits per heavy atom. The van der Waals surface area contributed by atoms with Crippen LogP contribution in [-0.2, 0) is 0 Å². The van der Waals surface area contributed by atoms with Crippen LogP contribution in [0, 0.1) is 0 Å². The molecule has 0 spiro atoms. The van der Waals surface area contributed by atoms with Crippen LogP contribution in [0.2, 0.25) is 0 Å². The molecule has 0 atom stereocenters. The molecule has 9 heavy (non-hydrogen) atoms. The van der Waals surface area contributed by atoms with Crippen LogP contribution in [0.25, 0.3) is 0 Å². The third kappa shape index (κ3) is 1.27. The molecule has 50 valence electrons. The summed E-state index contributed by atoms with van der Waals surface area (Å²) in [6.45, 7) is 8.01. The Bertz CT molecular complexity index is 172. The molecule has 0 aliphatic carbocycles. The van der Waals surface area contributed by atoms with E-state index in [9.17, 15) is 0 Å². The van der Waals surface area contributed by atoms with E-state index in [0.717, 1.165) is 9.23 Å². The molecule has 1 heterocycles. The van der Waals surface area contributed by atoms with E-state index < -0.39 is 0 Å². The first-order valence-electron chi connectivity index (χ1n) is 2.72. The second-order valence-electron chi connectivity index (χ2n) is 2.56. The van der Waals surface area contributed by atoms with Crippen LogP contribution in [0.3, 0.4) is 0 Å². The van der Waals surface area contributed by atoms with Gasteiger partial charge in [-0.1, -0.05) is 30.6 Å². The Kier molecular flexibility index (Phi) is 1.57. The Balaban J connectivity index is 2.81. The Morgan fingerprint density at radius 2 is 2.22 bits per heavy atom. The molecule has 0 aromatic carbocycles. The number of thiocarbonyl (C=S) groups is 1. The van der Waals surface area contributed by atoms with Gasteiger partial charge in [0.05, 0.1) is 5.54 Å². The van der Waals surface area contributed by atoms with Crippen molar-refractivity contribution in [2.45, 2.75) is 19.4 Å². The molecule has 1 saturated heterocycles. The molecule has 1 rings (SSSR count). The standard InChI is InChI=1S/C6H9NS2/c1-4-6(2,3)7-5(8)9-4/h1H2,2-3H3,(H,7,8). The maximum absolute atomic E-state index is 4.94. The molecule has 1 nitrogen and oxygen atoms in total. The molecule has 0 amide bonds. The minimum absolute atomic E-state index is 0.00174. The Labute approximate surface area is 64.9 Å². The first-order chi connectivity index (χ1) is 4.02. The quantitative estimate of drug-likeness (QED) is 0.542. The van der Waals surface area contributed by atoms with Gasteiger partial charge >= 0.3 is 0 Å². The fourth-order valence-electron chi connectivity index (χ4n) is 0.590. The molecule has 0 aromatic heterocycles. The molecule has 1 aliphatic rings. The monoisotopic (exact) mass is 159 g/mol. The van der Waals surface area contributed by atoms with Crippen LogP contribution in [-0.4, -0.2) is 9.86 Å². The van der Waals surface area contributed by atoms with Crippen LogP contribution in [0.5, 0.6) is 0 Å². The highest BCUT2D eigenvalue weighted by Gasteiger charge is 2.30. The molecule has 0 bridgehead atoms. The molecular weight excluding hydrogens is 150 g/mol. The molecule has 1 aliphatic heterocycles. The fourth-order valence-corrected chi connectivity index (χ4v) is 1.98. The lowest BCUT2D eigenvalue weighted by atomic mass is 10.1. The first-order valence-corrected chi connectivity index (χ1v) is 3.94. The van der Waals surface area contributed by atoms with Gasteiger partial charge in [0.1, 0.15) is 4.32 Å². The summed E-state index contributed by atoms with van der Waals surface area (Å²) in [5, 5.41) is 3.14. The van der Waals surface area contributed by atoms with E-state index in [1.165, 1.54) is 0 Å². The number of nitrogens with one attached hydrogen (secondary N) is 1. The van der Waals surface area contributed by atoms with Gasteiger partial charge in [-0.2, -0.15) is 0 Å². The summed E-state index contributed by atoms with van der Waals surface area (Å²) in [6.07, 6.45) is 0. The van der Waals surface area contributed by atoms with E-state index in [0.29, 0.717) is 0 Å². The van der Waals surface area contributed by atoms with Crippen molar-refractivity contribution in [2.75, 3.05) is 0 Å². The minimum atomic E-state index is 0.00174. The highest BCUT2D eigenvalue weighted by molar-refractivity contribution is 8.25. The van der Waals surface area contributed by atoms with E-state index in [4.69, 9.17) is 12.2 Å². The predicted octanol–water partition coefficient (Wildman–Crippen LogP) is 1.90.